The minimum Gasteiger partial charge on any atom is -0.494 e. The van der Waals surface area contributed by atoms with Crippen molar-refractivity contribution >= 4 is 21.6 Å². The molecule has 0 saturated heterocycles. The van der Waals surface area contributed by atoms with E-state index in [1.807, 2.05) is 25.1 Å². The number of nitrogens with zero attached hydrogens (tertiary/aromatic N) is 1. The first-order valence-corrected chi connectivity index (χ1v) is 12.3. The molecule has 2 rings (SSSR count). The first-order valence-electron chi connectivity index (χ1n) is 10.5. The highest BCUT2D eigenvalue weighted by Gasteiger charge is 2.20. The summed E-state index contributed by atoms with van der Waals surface area (Å²) in [7, 11) is -0.456. The summed E-state index contributed by atoms with van der Waals surface area (Å²) in [5.74, 6) is 1.61. The minimum atomic E-state index is -3.62. The van der Waals surface area contributed by atoms with Crippen molar-refractivity contribution in [2.45, 2.75) is 26.2 Å². The molecular weight excluding hydrogens is 432 g/mol. The predicted molar refractivity (Wildman–Crippen MR) is 125 cm³/mol. The second kappa shape index (κ2) is 12.2. The Hall–Kier alpha value is -2.94. The van der Waals surface area contributed by atoms with E-state index in [9.17, 15) is 13.2 Å². The van der Waals surface area contributed by atoms with Crippen molar-refractivity contribution in [2.24, 2.45) is 0 Å². The molecule has 0 heterocycles. The summed E-state index contributed by atoms with van der Waals surface area (Å²) in [4.78, 5) is 12.4. The quantitative estimate of drug-likeness (QED) is 0.458. The predicted octanol–water partition coefficient (Wildman–Crippen LogP) is 3.01. The molecule has 32 heavy (non-hydrogen) atoms. The first kappa shape index (κ1) is 25.3. The van der Waals surface area contributed by atoms with E-state index < -0.39 is 10.0 Å². The zero-order valence-corrected chi connectivity index (χ0v) is 19.9. The van der Waals surface area contributed by atoms with Crippen LogP contribution in [-0.4, -0.2) is 54.5 Å². The Kier molecular flexibility index (Phi) is 9.64. The summed E-state index contributed by atoms with van der Waals surface area (Å²) in [5.41, 5.74) is 1.47. The zero-order chi connectivity index (χ0) is 23.6. The van der Waals surface area contributed by atoms with Crippen LogP contribution in [0.25, 0.3) is 0 Å². The largest absolute Gasteiger partial charge is 0.494 e. The van der Waals surface area contributed by atoms with Gasteiger partial charge in [0.25, 0.3) is 0 Å². The van der Waals surface area contributed by atoms with Crippen LogP contribution in [0.3, 0.4) is 0 Å². The number of carbonyl (C=O) groups is 1. The summed E-state index contributed by atoms with van der Waals surface area (Å²) in [6.45, 7) is 2.73. The van der Waals surface area contributed by atoms with Gasteiger partial charge in [0.2, 0.25) is 15.9 Å². The van der Waals surface area contributed by atoms with E-state index in [-0.39, 0.29) is 12.5 Å². The Labute approximate surface area is 190 Å². The van der Waals surface area contributed by atoms with Crippen molar-refractivity contribution < 1.29 is 27.4 Å². The molecule has 2 aromatic rings. The van der Waals surface area contributed by atoms with E-state index >= 15 is 0 Å². The van der Waals surface area contributed by atoms with Crippen molar-refractivity contribution in [3.63, 3.8) is 0 Å². The molecule has 9 heteroatoms. The van der Waals surface area contributed by atoms with E-state index in [1.165, 1.54) is 0 Å². The number of anilines is 1. The molecular formula is C23H32N2O6S. The number of ether oxygens (including phenoxy) is 3. The van der Waals surface area contributed by atoms with Crippen LogP contribution in [0.1, 0.15) is 25.3 Å². The van der Waals surface area contributed by atoms with Gasteiger partial charge in [-0.1, -0.05) is 13.0 Å². The highest BCUT2D eigenvalue weighted by atomic mass is 32.2. The molecule has 0 radical (unpaired) electrons. The first-order chi connectivity index (χ1) is 15.3. The van der Waals surface area contributed by atoms with Gasteiger partial charge in [0.1, 0.15) is 12.3 Å². The smallest absolute Gasteiger partial charge is 0.240 e. The molecule has 2 aromatic carbocycles. The van der Waals surface area contributed by atoms with Gasteiger partial charge < -0.3 is 19.5 Å². The van der Waals surface area contributed by atoms with Crippen molar-refractivity contribution in [1.29, 1.82) is 0 Å². The lowest BCUT2D eigenvalue weighted by atomic mass is 10.1. The molecule has 1 N–H and O–H groups in total. The number of carbonyl (C=O) groups excluding carboxylic acids is 1. The molecule has 1 amide bonds. The summed E-state index contributed by atoms with van der Waals surface area (Å²) < 4.78 is 41.6. The Bertz CT molecular complexity index is 976. The van der Waals surface area contributed by atoms with Crippen molar-refractivity contribution in [2.75, 3.05) is 44.5 Å². The normalized spacial score (nSPS) is 11.0. The Morgan fingerprint density at radius 3 is 2.31 bits per heavy atom. The second-order valence-electron chi connectivity index (χ2n) is 7.25. The number of benzene rings is 2. The standard InChI is InChI=1S/C23H32N2O6S/c1-5-15-31-20-11-9-19(10-12-20)25(32(4,27)28)17-23(26)24-14-6-7-18-8-13-21(29-2)22(16-18)30-3/h8-13,16H,5-7,14-15,17H2,1-4H3,(H,24,26). The van der Waals surface area contributed by atoms with Gasteiger partial charge in [-0.2, -0.15) is 0 Å². The van der Waals surface area contributed by atoms with Crippen LogP contribution in [0.5, 0.6) is 17.2 Å². The Morgan fingerprint density at radius 2 is 1.72 bits per heavy atom. The Morgan fingerprint density at radius 1 is 1.03 bits per heavy atom. The summed E-state index contributed by atoms with van der Waals surface area (Å²) in [6, 6.07) is 12.4. The van der Waals surface area contributed by atoms with Crippen molar-refractivity contribution in [3.05, 3.63) is 48.0 Å². The van der Waals surface area contributed by atoms with E-state index in [0.717, 1.165) is 29.0 Å². The van der Waals surface area contributed by atoms with Gasteiger partial charge in [-0.15, -0.1) is 0 Å². The molecule has 0 spiro atoms. The summed E-state index contributed by atoms with van der Waals surface area (Å²) >= 11 is 0. The average molecular weight is 465 g/mol. The van der Waals surface area contributed by atoms with Gasteiger partial charge in [-0.05, 0) is 61.2 Å². The number of amides is 1. The van der Waals surface area contributed by atoms with E-state index in [1.54, 1.807) is 38.5 Å². The molecule has 0 aliphatic heterocycles. The van der Waals surface area contributed by atoms with E-state index in [0.29, 0.717) is 42.5 Å². The van der Waals surface area contributed by atoms with Gasteiger partial charge in [0.05, 0.1) is 32.8 Å². The fraction of sp³-hybridized carbons (Fsp3) is 0.435. The van der Waals surface area contributed by atoms with E-state index in [4.69, 9.17) is 14.2 Å². The van der Waals surface area contributed by atoms with Gasteiger partial charge in [0, 0.05) is 6.54 Å². The Balaban J connectivity index is 1.90. The maximum atomic E-state index is 12.4. The van der Waals surface area contributed by atoms with Crippen LogP contribution in [0.2, 0.25) is 0 Å². The van der Waals surface area contributed by atoms with Crippen LogP contribution < -0.4 is 23.8 Å². The number of hydrogen-bond acceptors (Lipinski definition) is 6. The maximum Gasteiger partial charge on any atom is 0.240 e. The molecule has 0 saturated carbocycles. The number of nitrogens with one attached hydrogen (secondary N) is 1. The molecule has 176 valence electrons. The topological polar surface area (TPSA) is 94.2 Å². The number of sulfonamides is 1. The van der Waals surface area contributed by atoms with Gasteiger partial charge in [0.15, 0.2) is 11.5 Å². The SMILES string of the molecule is CCCOc1ccc(N(CC(=O)NCCCc2ccc(OC)c(OC)c2)S(C)(=O)=O)cc1. The van der Waals surface area contributed by atoms with Crippen molar-refractivity contribution in [1.82, 2.24) is 5.32 Å². The number of rotatable bonds is 13. The molecule has 0 bridgehead atoms. The summed E-state index contributed by atoms with van der Waals surface area (Å²) in [5, 5.41) is 2.79. The van der Waals surface area contributed by atoms with Crippen molar-refractivity contribution in [3.8, 4) is 17.2 Å². The third-order valence-corrected chi connectivity index (χ3v) is 5.84. The fourth-order valence-electron chi connectivity index (χ4n) is 3.07. The molecule has 8 nitrogen and oxygen atoms in total. The third kappa shape index (κ3) is 7.64. The number of aryl methyl sites for hydroxylation is 1. The monoisotopic (exact) mass is 464 g/mol. The van der Waals surface area contributed by atoms with Crippen LogP contribution >= 0.6 is 0 Å². The molecule has 0 unspecified atom stereocenters. The molecule has 0 aliphatic rings. The number of hydrogen-bond donors (Lipinski definition) is 1. The third-order valence-electron chi connectivity index (χ3n) is 4.70. The van der Waals surface area contributed by atoms with Crippen LogP contribution in [0, 0.1) is 0 Å². The van der Waals surface area contributed by atoms with Crippen LogP contribution in [0.15, 0.2) is 42.5 Å². The highest BCUT2D eigenvalue weighted by molar-refractivity contribution is 7.92. The minimum absolute atomic E-state index is 0.287. The molecule has 0 fully saturated rings. The molecule has 0 aromatic heterocycles. The average Bonchev–Trinajstić information content (AvgIpc) is 2.78. The lowest BCUT2D eigenvalue weighted by Crippen LogP contribution is -2.40. The second-order valence-corrected chi connectivity index (χ2v) is 9.16. The van der Waals surface area contributed by atoms with Crippen LogP contribution in [0.4, 0.5) is 5.69 Å². The van der Waals surface area contributed by atoms with Crippen LogP contribution in [-0.2, 0) is 21.2 Å². The van der Waals surface area contributed by atoms with Gasteiger partial charge in [-0.3, -0.25) is 9.10 Å². The fourth-order valence-corrected chi connectivity index (χ4v) is 3.93. The summed E-state index contributed by atoms with van der Waals surface area (Å²) in [6.07, 6.45) is 3.39. The molecule has 0 atom stereocenters. The lowest BCUT2D eigenvalue weighted by Gasteiger charge is -2.22. The maximum absolute atomic E-state index is 12.4. The lowest BCUT2D eigenvalue weighted by molar-refractivity contribution is -0.119. The molecule has 0 aliphatic carbocycles. The van der Waals surface area contributed by atoms with E-state index in [2.05, 4.69) is 5.32 Å². The van der Waals surface area contributed by atoms with Gasteiger partial charge >= 0.3 is 0 Å². The number of methoxy groups -OCH3 is 2. The zero-order valence-electron chi connectivity index (χ0n) is 19.1. The highest BCUT2D eigenvalue weighted by Crippen LogP contribution is 2.28. The van der Waals surface area contributed by atoms with Gasteiger partial charge in [-0.25, -0.2) is 8.42 Å².